The zero-order chi connectivity index (χ0) is 26.6. The van der Waals surface area contributed by atoms with Crippen LogP contribution in [0, 0.1) is 0 Å². The monoisotopic (exact) mass is 518 g/mol. The lowest BCUT2D eigenvalue weighted by atomic mass is 10.1. The van der Waals surface area contributed by atoms with Crippen LogP contribution in [-0.4, -0.2) is 9.13 Å². The van der Waals surface area contributed by atoms with Crippen molar-refractivity contribution in [3.05, 3.63) is 85.5 Å². The number of hydrogen-bond acceptors (Lipinski definition) is 0. The highest BCUT2D eigenvalue weighted by atomic mass is 15.0. The SMILES string of the molecule is CC[n+]1ccc2c(c1)c1ccccc1n2CCCCCCCCCn1c2ccccc2c2c[n+](CC)ccc21. The maximum absolute atomic E-state index is 2.54. The summed E-state index contributed by atoms with van der Waals surface area (Å²) in [7, 11) is 0. The first-order chi connectivity index (χ1) is 19.3. The highest BCUT2D eigenvalue weighted by Gasteiger charge is 2.14. The number of benzene rings is 2. The molecule has 2 aromatic carbocycles. The number of nitrogens with zero attached hydrogens (tertiary/aromatic N) is 4. The van der Waals surface area contributed by atoms with Crippen molar-refractivity contribution in [2.75, 3.05) is 0 Å². The molecule has 0 radical (unpaired) electrons. The summed E-state index contributed by atoms with van der Waals surface area (Å²) in [6.45, 7) is 8.63. The number of aromatic nitrogens is 4. The Morgan fingerprint density at radius 1 is 0.462 bits per heavy atom. The molecule has 0 saturated heterocycles. The molecule has 0 atom stereocenters. The van der Waals surface area contributed by atoms with Crippen molar-refractivity contribution in [3.8, 4) is 0 Å². The van der Waals surface area contributed by atoms with Gasteiger partial charge in [-0.15, -0.1) is 0 Å². The molecular formula is C35H42N4+2. The maximum Gasteiger partial charge on any atom is 0.178 e. The van der Waals surface area contributed by atoms with E-state index in [9.17, 15) is 0 Å². The van der Waals surface area contributed by atoms with Gasteiger partial charge in [0.1, 0.15) is 13.1 Å². The largest absolute Gasteiger partial charge is 0.340 e. The van der Waals surface area contributed by atoms with Crippen LogP contribution in [0.4, 0.5) is 0 Å². The molecule has 0 aliphatic rings. The van der Waals surface area contributed by atoms with Gasteiger partial charge in [0.15, 0.2) is 24.8 Å². The molecule has 4 heteroatoms. The summed E-state index contributed by atoms with van der Waals surface area (Å²) in [4.78, 5) is 0. The summed E-state index contributed by atoms with van der Waals surface area (Å²) in [5.74, 6) is 0. The first-order valence-corrected chi connectivity index (χ1v) is 15.1. The molecule has 6 aromatic rings. The molecule has 4 heterocycles. The van der Waals surface area contributed by atoms with Gasteiger partial charge in [0.05, 0.1) is 21.8 Å². The predicted octanol–water partition coefficient (Wildman–Crippen LogP) is 7.95. The molecule has 0 aliphatic heterocycles. The summed E-state index contributed by atoms with van der Waals surface area (Å²) >= 11 is 0. The van der Waals surface area contributed by atoms with Gasteiger partial charge < -0.3 is 9.13 Å². The predicted molar refractivity (Wildman–Crippen MR) is 163 cm³/mol. The molecule has 4 aromatic heterocycles. The van der Waals surface area contributed by atoms with Crippen molar-refractivity contribution < 1.29 is 9.13 Å². The van der Waals surface area contributed by atoms with Crippen LogP contribution in [0.25, 0.3) is 43.6 Å². The van der Waals surface area contributed by atoms with Crippen LogP contribution in [-0.2, 0) is 26.2 Å². The summed E-state index contributed by atoms with van der Waals surface area (Å²) in [6, 6.07) is 22.4. The van der Waals surface area contributed by atoms with Crippen molar-refractivity contribution in [2.45, 2.75) is 85.0 Å². The second kappa shape index (κ2) is 11.6. The van der Waals surface area contributed by atoms with Crippen LogP contribution in [0.1, 0.15) is 58.8 Å². The first kappa shape index (κ1) is 25.6. The van der Waals surface area contributed by atoms with Gasteiger partial charge in [-0.1, -0.05) is 68.5 Å². The molecule has 6 rings (SSSR count). The minimum Gasteiger partial charge on any atom is -0.340 e. The topological polar surface area (TPSA) is 17.6 Å². The Bertz CT molecular complexity index is 1590. The third-order valence-electron chi connectivity index (χ3n) is 8.53. The van der Waals surface area contributed by atoms with Crippen LogP contribution in [0.15, 0.2) is 85.5 Å². The average Bonchev–Trinajstić information content (AvgIpc) is 3.48. The lowest BCUT2D eigenvalue weighted by Crippen LogP contribution is -2.30. The third-order valence-corrected chi connectivity index (χ3v) is 8.53. The number of para-hydroxylation sites is 2. The zero-order valence-electron chi connectivity index (χ0n) is 23.6. The number of pyridine rings is 2. The fourth-order valence-corrected chi connectivity index (χ4v) is 6.38. The first-order valence-electron chi connectivity index (χ1n) is 15.1. The van der Waals surface area contributed by atoms with Crippen molar-refractivity contribution in [2.24, 2.45) is 0 Å². The standard InChI is InChI=1S/C35H42N4/c1-3-36-24-20-34-30(26-36)28-16-10-12-18-32(28)38(34)22-14-8-6-5-7-9-15-23-39-33-19-13-11-17-29(33)31-27-37(4-2)25-21-35(31)39/h10-13,16-21,24-27H,3-9,14-15,22-23H2,1-2H3/q+2. The summed E-state index contributed by atoms with van der Waals surface area (Å²) in [6.07, 6.45) is 18.2. The van der Waals surface area contributed by atoms with E-state index < -0.39 is 0 Å². The fourth-order valence-electron chi connectivity index (χ4n) is 6.38. The minimum absolute atomic E-state index is 1.01. The summed E-state index contributed by atoms with van der Waals surface area (Å²) in [5, 5.41) is 5.51. The van der Waals surface area contributed by atoms with E-state index in [1.807, 2.05) is 0 Å². The third kappa shape index (κ3) is 5.05. The molecule has 200 valence electrons. The molecular weight excluding hydrogens is 476 g/mol. The molecule has 4 nitrogen and oxygen atoms in total. The van der Waals surface area contributed by atoms with Crippen molar-refractivity contribution in [1.82, 2.24) is 9.13 Å². The maximum atomic E-state index is 2.54. The molecule has 0 saturated carbocycles. The van der Waals surface area contributed by atoms with Gasteiger partial charge in [-0.3, -0.25) is 0 Å². The smallest absolute Gasteiger partial charge is 0.178 e. The van der Waals surface area contributed by atoms with Gasteiger partial charge in [-0.2, -0.15) is 0 Å². The van der Waals surface area contributed by atoms with Crippen LogP contribution >= 0.6 is 0 Å². The Morgan fingerprint density at radius 3 is 1.28 bits per heavy atom. The van der Waals surface area contributed by atoms with Gasteiger partial charge in [-0.25, -0.2) is 9.13 Å². The quantitative estimate of drug-likeness (QED) is 0.116. The van der Waals surface area contributed by atoms with E-state index >= 15 is 0 Å². The lowest BCUT2D eigenvalue weighted by molar-refractivity contribution is -0.692. The number of aryl methyl sites for hydroxylation is 4. The number of fused-ring (bicyclic) bond motifs is 6. The zero-order valence-corrected chi connectivity index (χ0v) is 23.6. The normalized spacial score (nSPS) is 11.9. The fraction of sp³-hybridized carbons (Fsp3) is 0.371. The van der Waals surface area contributed by atoms with E-state index in [0.717, 1.165) is 26.2 Å². The number of rotatable bonds is 12. The van der Waals surface area contributed by atoms with E-state index in [1.54, 1.807) is 0 Å². The van der Waals surface area contributed by atoms with E-state index in [-0.39, 0.29) is 0 Å². The average molecular weight is 519 g/mol. The molecule has 0 aliphatic carbocycles. The van der Waals surface area contributed by atoms with Gasteiger partial charge in [-0.05, 0) is 38.8 Å². The summed E-state index contributed by atoms with van der Waals surface area (Å²) < 4.78 is 9.64. The Morgan fingerprint density at radius 2 is 0.846 bits per heavy atom. The Hall–Kier alpha value is -3.66. The molecule has 0 spiro atoms. The highest BCUT2D eigenvalue weighted by Crippen LogP contribution is 2.29. The number of hydrogen-bond donors (Lipinski definition) is 0. The van der Waals surface area contributed by atoms with Gasteiger partial charge >= 0.3 is 0 Å². The van der Waals surface area contributed by atoms with E-state index in [1.165, 1.54) is 88.6 Å². The van der Waals surface area contributed by atoms with Crippen LogP contribution in [0.3, 0.4) is 0 Å². The molecule has 39 heavy (non-hydrogen) atoms. The Kier molecular flexibility index (Phi) is 7.62. The van der Waals surface area contributed by atoms with Gasteiger partial charge in [0, 0.05) is 47.0 Å². The van der Waals surface area contributed by atoms with Crippen LogP contribution in [0.5, 0.6) is 0 Å². The lowest BCUT2D eigenvalue weighted by Gasteiger charge is -2.08. The molecule has 0 amide bonds. The van der Waals surface area contributed by atoms with Crippen LogP contribution < -0.4 is 9.13 Å². The second-order valence-electron chi connectivity index (χ2n) is 11.0. The van der Waals surface area contributed by atoms with Gasteiger partial charge in [0.2, 0.25) is 0 Å². The van der Waals surface area contributed by atoms with Crippen LogP contribution in [0.2, 0.25) is 0 Å². The van der Waals surface area contributed by atoms with E-state index in [2.05, 4.69) is 118 Å². The molecule has 0 bridgehead atoms. The Balaban J connectivity index is 0.998. The van der Waals surface area contributed by atoms with E-state index in [4.69, 9.17) is 0 Å². The van der Waals surface area contributed by atoms with Crippen molar-refractivity contribution in [1.29, 1.82) is 0 Å². The second-order valence-corrected chi connectivity index (χ2v) is 11.0. The summed E-state index contributed by atoms with van der Waals surface area (Å²) in [5.41, 5.74) is 5.48. The Labute approximate surface area is 232 Å². The van der Waals surface area contributed by atoms with Crippen molar-refractivity contribution in [3.63, 3.8) is 0 Å². The highest BCUT2D eigenvalue weighted by molar-refractivity contribution is 6.08. The molecule has 0 N–H and O–H groups in total. The van der Waals surface area contributed by atoms with E-state index in [0.29, 0.717) is 0 Å². The minimum atomic E-state index is 1.01. The molecule has 0 unspecified atom stereocenters. The molecule has 0 fully saturated rings. The number of unbranched alkanes of at least 4 members (excludes halogenated alkanes) is 6. The van der Waals surface area contributed by atoms with Crippen molar-refractivity contribution >= 4 is 43.6 Å². The van der Waals surface area contributed by atoms with Gasteiger partial charge in [0.25, 0.3) is 0 Å².